The molecule has 0 aliphatic carbocycles. The Morgan fingerprint density at radius 3 is 2.69 bits per heavy atom. The van der Waals surface area contributed by atoms with Crippen molar-refractivity contribution in [2.45, 2.75) is 38.5 Å². The van der Waals surface area contributed by atoms with Crippen molar-refractivity contribution in [1.82, 2.24) is 10.3 Å². The van der Waals surface area contributed by atoms with E-state index in [-0.39, 0.29) is 17.0 Å². The van der Waals surface area contributed by atoms with Crippen molar-refractivity contribution in [2.24, 2.45) is 5.10 Å². The first-order valence-corrected chi connectivity index (χ1v) is 9.11. The summed E-state index contributed by atoms with van der Waals surface area (Å²) in [5.41, 5.74) is 0.922. The lowest BCUT2D eigenvalue weighted by Crippen LogP contribution is -2.48. The summed E-state index contributed by atoms with van der Waals surface area (Å²) in [4.78, 5) is 37.0. The number of halogens is 1. The van der Waals surface area contributed by atoms with E-state index in [1.807, 2.05) is 6.92 Å². The van der Waals surface area contributed by atoms with Crippen LogP contribution in [0.5, 0.6) is 0 Å². The van der Waals surface area contributed by atoms with Gasteiger partial charge in [0, 0.05) is 26.0 Å². The fourth-order valence-corrected chi connectivity index (χ4v) is 4.45. The first-order chi connectivity index (χ1) is 12.3. The van der Waals surface area contributed by atoms with Crippen LogP contribution in [-0.4, -0.2) is 34.4 Å². The molecule has 0 bridgehead atoms. The van der Waals surface area contributed by atoms with Gasteiger partial charge in [-0.3, -0.25) is 14.4 Å². The molecule has 0 saturated heterocycles. The minimum atomic E-state index is -1.53. The quantitative estimate of drug-likeness (QED) is 0.874. The summed E-state index contributed by atoms with van der Waals surface area (Å²) >= 11 is 0.947. The molecular formula is C17H19FN4O3S. The second kappa shape index (κ2) is 6.71. The highest BCUT2D eigenvalue weighted by Gasteiger charge is 2.61. The van der Waals surface area contributed by atoms with Crippen molar-refractivity contribution in [3.63, 3.8) is 0 Å². The Balaban J connectivity index is 2.13. The maximum atomic E-state index is 14.0. The molecule has 0 radical (unpaired) electrons. The number of nitrogens with zero attached hydrogens (tertiary/aromatic N) is 3. The van der Waals surface area contributed by atoms with Crippen LogP contribution in [0.25, 0.3) is 0 Å². The van der Waals surface area contributed by atoms with Crippen LogP contribution < -0.4 is 10.2 Å². The number of benzene rings is 1. The smallest absolute Gasteiger partial charge is 0.270 e. The molecule has 0 aromatic heterocycles. The lowest BCUT2D eigenvalue weighted by Gasteiger charge is -2.29. The zero-order valence-electron chi connectivity index (χ0n) is 14.7. The van der Waals surface area contributed by atoms with E-state index in [4.69, 9.17) is 0 Å². The number of carbonyl (C=O) groups is 3. The van der Waals surface area contributed by atoms with Crippen molar-refractivity contribution in [2.75, 3.05) is 11.4 Å². The van der Waals surface area contributed by atoms with Gasteiger partial charge in [0.2, 0.25) is 16.7 Å². The molecule has 1 atom stereocenters. The molecule has 0 fully saturated rings. The van der Waals surface area contributed by atoms with Crippen LogP contribution in [0.1, 0.15) is 39.2 Å². The number of amides is 3. The third kappa shape index (κ3) is 2.76. The molecular weight excluding hydrogens is 359 g/mol. The fourth-order valence-electron chi connectivity index (χ4n) is 3.12. The van der Waals surface area contributed by atoms with Gasteiger partial charge in [-0.2, -0.15) is 5.01 Å². The maximum absolute atomic E-state index is 14.0. The molecule has 1 N–H and O–H groups in total. The SMILES string of the molecule is CCCCN1C(=O)[C@@]2(SC(NC(C)=O)=NN2C(C)=O)c2cc(F)ccc21. The first kappa shape index (κ1) is 18.4. The normalized spacial score (nSPS) is 21.2. The van der Waals surface area contributed by atoms with Gasteiger partial charge < -0.3 is 10.2 Å². The van der Waals surface area contributed by atoms with E-state index < -0.39 is 16.6 Å². The van der Waals surface area contributed by atoms with Gasteiger partial charge in [0.05, 0.1) is 5.69 Å². The Labute approximate surface area is 154 Å². The number of hydrazone groups is 1. The van der Waals surface area contributed by atoms with Crippen LogP contribution in [-0.2, 0) is 19.3 Å². The Morgan fingerprint density at radius 1 is 1.35 bits per heavy atom. The van der Waals surface area contributed by atoms with Gasteiger partial charge >= 0.3 is 0 Å². The molecule has 9 heteroatoms. The highest BCUT2D eigenvalue weighted by Crippen LogP contribution is 2.54. The van der Waals surface area contributed by atoms with Crippen molar-refractivity contribution >= 4 is 40.3 Å². The second-order valence-electron chi connectivity index (χ2n) is 6.14. The van der Waals surface area contributed by atoms with Gasteiger partial charge in [-0.05, 0) is 36.4 Å². The number of carbonyl (C=O) groups excluding carboxylic acids is 3. The van der Waals surface area contributed by atoms with Gasteiger partial charge in [-0.25, -0.2) is 4.39 Å². The number of unbranched alkanes of at least 4 members (excludes halogenated alkanes) is 1. The highest BCUT2D eigenvalue weighted by molar-refractivity contribution is 8.15. The predicted molar refractivity (Wildman–Crippen MR) is 96.7 cm³/mol. The average molecular weight is 378 g/mol. The van der Waals surface area contributed by atoms with E-state index in [2.05, 4.69) is 10.4 Å². The highest BCUT2D eigenvalue weighted by atomic mass is 32.2. The molecule has 3 rings (SSSR count). The van der Waals surface area contributed by atoms with Crippen molar-refractivity contribution in [3.8, 4) is 0 Å². The van der Waals surface area contributed by atoms with Crippen LogP contribution in [0.4, 0.5) is 10.1 Å². The lowest BCUT2D eigenvalue weighted by molar-refractivity contribution is -0.139. The van der Waals surface area contributed by atoms with Crippen molar-refractivity contribution in [1.29, 1.82) is 0 Å². The molecule has 2 aliphatic heterocycles. The van der Waals surface area contributed by atoms with E-state index in [0.717, 1.165) is 29.6 Å². The molecule has 0 saturated carbocycles. The number of hydrogen-bond donors (Lipinski definition) is 1. The number of nitrogens with one attached hydrogen (secondary N) is 1. The Kier molecular flexibility index (Phi) is 4.74. The third-order valence-corrected chi connectivity index (χ3v) is 5.44. The first-order valence-electron chi connectivity index (χ1n) is 8.29. The summed E-state index contributed by atoms with van der Waals surface area (Å²) in [6.07, 6.45) is 1.65. The lowest BCUT2D eigenvalue weighted by atomic mass is 10.1. The molecule has 3 amide bonds. The zero-order valence-corrected chi connectivity index (χ0v) is 15.5. The maximum Gasteiger partial charge on any atom is 0.270 e. The minimum absolute atomic E-state index is 0.133. The van der Waals surface area contributed by atoms with Crippen LogP contribution in [0.3, 0.4) is 0 Å². The summed E-state index contributed by atoms with van der Waals surface area (Å²) < 4.78 is 14.0. The monoisotopic (exact) mass is 378 g/mol. The largest absolute Gasteiger partial charge is 0.309 e. The third-order valence-electron chi connectivity index (χ3n) is 4.20. The number of hydrogen-bond acceptors (Lipinski definition) is 5. The van der Waals surface area contributed by atoms with Crippen molar-refractivity contribution in [3.05, 3.63) is 29.6 Å². The predicted octanol–water partition coefficient (Wildman–Crippen LogP) is 2.13. The number of anilines is 1. The van der Waals surface area contributed by atoms with Gasteiger partial charge in [-0.15, -0.1) is 5.10 Å². The van der Waals surface area contributed by atoms with Gasteiger partial charge in [0.1, 0.15) is 5.82 Å². The van der Waals surface area contributed by atoms with E-state index in [9.17, 15) is 18.8 Å². The van der Waals surface area contributed by atoms with Crippen LogP contribution in [0.2, 0.25) is 0 Å². The van der Waals surface area contributed by atoms with Gasteiger partial charge in [0.25, 0.3) is 5.91 Å². The molecule has 2 heterocycles. The molecule has 2 aliphatic rings. The average Bonchev–Trinajstić information content (AvgIpc) is 3.04. The van der Waals surface area contributed by atoms with Gasteiger partial charge in [-0.1, -0.05) is 13.3 Å². The molecule has 26 heavy (non-hydrogen) atoms. The molecule has 1 spiro atoms. The van der Waals surface area contributed by atoms with Crippen molar-refractivity contribution < 1.29 is 18.8 Å². The number of rotatable bonds is 3. The Morgan fingerprint density at radius 2 is 2.08 bits per heavy atom. The van der Waals surface area contributed by atoms with E-state index in [1.165, 1.54) is 26.0 Å². The Bertz CT molecular complexity index is 828. The topological polar surface area (TPSA) is 82.1 Å². The molecule has 138 valence electrons. The van der Waals surface area contributed by atoms with Crippen LogP contribution in [0.15, 0.2) is 23.3 Å². The summed E-state index contributed by atoms with van der Waals surface area (Å²) in [7, 11) is 0. The van der Waals surface area contributed by atoms with Crippen LogP contribution >= 0.6 is 11.8 Å². The number of amidine groups is 1. The second-order valence-corrected chi connectivity index (χ2v) is 7.32. The summed E-state index contributed by atoms with van der Waals surface area (Å²) in [6.45, 7) is 5.05. The van der Waals surface area contributed by atoms with E-state index >= 15 is 0 Å². The minimum Gasteiger partial charge on any atom is -0.309 e. The summed E-state index contributed by atoms with van der Waals surface area (Å²) in [6, 6.07) is 4.09. The number of fused-ring (bicyclic) bond motifs is 2. The van der Waals surface area contributed by atoms with Crippen LogP contribution in [0, 0.1) is 5.82 Å². The molecule has 0 unspecified atom stereocenters. The van der Waals surface area contributed by atoms with E-state index in [1.54, 1.807) is 11.0 Å². The summed E-state index contributed by atoms with van der Waals surface area (Å²) in [5.74, 6) is -1.72. The fraction of sp³-hybridized carbons (Fsp3) is 0.412. The summed E-state index contributed by atoms with van der Waals surface area (Å²) in [5, 5.41) is 7.81. The standard InChI is InChI=1S/C17H19FN4O3S/c1-4-5-8-21-14-7-6-12(18)9-13(14)17(15(21)25)22(11(3)24)20-16(26-17)19-10(2)23/h6-7,9H,4-5,8H2,1-3H3,(H,19,20,23)/t17-/m0/s1. The Hall–Kier alpha value is -2.42. The number of thioether (sulfide) groups is 1. The zero-order chi connectivity index (χ0) is 19.1. The molecule has 7 nitrogen and oxygen atoms in total. The molecule has 1 aromatic rings. The van der Waals surface area contributed by atoms with Gasteiger partial charge in [0.15, 0.2) is 5.17 Å². The van der Waals surface area contributed by atoms with E-state index in [0.29, 0.717) is 17.8 Å². The molecule has 1 aromatic carbocycles.